The van der Waals surface area contributed by atoms with Crippen LogP contribution < -0.4 is 5.32 Å². The van der Waals surface area contributed by atoms with Gasteiger partial charge in [0.05, 0.1) is 6.42 Å². The standard InChI is InChI=1S/C17H27NOS/c1-4-5-6-11-17(2,3)13-18-16(19)12-14-7-9-15(20)10-8-14/h7-10,20H,4-6,11-13H2,1-3H3,(H,18,19). The van der Waals surface area contributed by atoms with Crippen molar-refractivity contribution in [3.8, 4) is 0 Å². The summed E-state index contributed by atoms with van der Waals surface area (Å²) in [6.45, 7) is 7.41. The smallest absolute Gasteiger partial charge is 0.224 e. The number of carbonyl (C=O) groups excluding carboxylic acids is 1. The Labute approximate surface area is 128 Å². The van der Waals surface area contributed by atoms with Crippen molar-refractivity contribution in [2.24, 2.45) is 5.41 Å². The molecule has 0 aliphatic rings. The van der Waals surface area contributed by atoms with Gasteiger partial charge in [-0.15, -0.1) is 12.6 Å². The number of thiol groups is 1. The largest absolute Gasteiger partial charge is 0.355 e. The van der Waals surface area contributed by atoms with E-state index in [4.69, 9.17) is 0 Å². The SMILES string of the molecule is CCCCCC(C)(C)CNC(=O)Cc1ccc(S)cc1. The van der Waals surface area contributed by atoms with Gasteiger partial charge in [-0.05, 0) is 29.5 Å². The van der Waals surface area contributed by atoms with Crippen LogP contribution in [0.1, 0.15) is 52.0 Å². The molecule has 0 heterocycles. The number of rotatable bonds is 8. The molecule has 0 radical (unpaired) electrons. The molecule has 112 valence electrons. The van der Waals surface area contributed by atoms with Crippen molar-refractivity contribution >= 4 is 18.5 Å². The van der Waals surface area contributed by atoms with Crippen molar-refractivity contribution < 1.29 is 4.79 Å². The van der Waals surface area contributed by atoms with Crippen LogP contribution in [0.4, 0.5) is 0 Å². The molecule has 3 heteroatoms. The summed E-state index contributed by atoms with van der Waals surface area (Å²) in [6, 6.07) is 7.74. The van der Waals surface area contributed by atoms with E-state index in [0.717, 1.165) is 23.4 Å². The van der Waals surface area contributed by atoms with Crippen LogP contribution in [0.25, 0.3) is 0 Å². The molecule has 0 aromatic heterocycles. The lowest BCUT2D eigenvalue weighted by Gasteiger charge is -2.25. The minimum Gasteiger partial charge on any atom is -0.355 e. The molecule has 1 aromatic carbocycles. The van der Waals surface area contributed by atoms with Crippen molar-refractivity contribution in [1.29, 1.82) is 0 Å². The summed E-state index contributed by atoms with van der Waals surface area (Å²) in [5.41, 5.74) is 1.21. The van der Waals surface area contributed by atoms with Gasteiger partial charge in [-0.1, -0.05) is 52.2 Å². The summed E-state index contributed by atoms with van der Waals surface area (Å²) >= 11 is 4.24. The van der Waals surface area contributed by atoms with Crippen LogP contribution in [-0.2, 0) is 11.2 Å². The quantitative estimate of drug-likeness (QED) is 0.545. The zero-order chi connectivity index (χ0) is 15.0. The van der Waals surface area contributed by atoms with Crippen LogP contribution in [0.3, 0.4) is 0 Å². The number of hydrogen-bond donors (Lipinski definition) is 2. The highest BCUT2D eigenvalue weighted by Gasteiger charge is 2.18. The summed E-state index contributed by atoms with van der Waals surface area (Å²) in [6.07, 6.45) is 5.36. The van der Waals surface area contributed by atoms with Crippen molar-refractivity contribution in [3.63, 3.8) is 0 Å². The maximum atomic E-state index is 11.9. The Morgan fingerprint density at radius 3 is 2.45 bits per heavy atom. The van der Waals surface area contributed by atoms with Gasteiger partial charge in [-0.25, -0.2) is 0 Å². The van der Waals surface area contributed by atoms with Gasteiger partial charge in [0.1, 0.15) is 0 Å². The summed E-state index contributed by atoms with van der Waals surface area (Å²) < 4.78 is 0. The fourth-order valence-corrected chi connectivity index (χ4v) is 2.29. The second-order valence-corrected chi connectivity index (χ2v) is 6.76. The van der Waals surface area contributed by atoms with Gasteiger partial charge in [0.25, 0.3) is 0 Å². The molecule has 0 spiro atoms. The first-order valence-electron chi connectivity index (χ1n) is 7.47. The highest BCUT2D eigenvalue weighted by molar-refractivity contribution is 7.80. The molecule has 0 aliphatic carbocycles. The number of benzene rings is 1. The molecule has 0 atom stereocenters. The lowest BCUT2D eigenvalue weighted by molar-refractivity contribution is -0.120. The number of carbonyl (C=O) groups is 1. The van der Waals surface area contributed by atoms with Gasteiger partial charge >= 0.3 is 0 Å². The van der Waals surface area contributed by atoms with Crippen LogP contribution in [0.2, 0.25) is 0 Å². The predicted molar refractivity (Wildman–Crippen MR) is 88.3 cm³/mol. The number of unbranched alkanes of at least 4 members (excludes halogenated alkanes) is 2. The van der Waals surface area contributed by atoms with Crippen LogP contribution in [-0.4, -0.2) is 12.5 Å². The van der Waals surface area contributed by atoms with Gasteiger partial charge in [-0.3, -0.25) is 4.79 Å². The Balaban J connectivity index is 2.33. The minimum absolute atomic E-state index is 0.0977. The summed E-state index contributed by atoms with van der Waals surface area (Å²) in [5.74, 6) is 0.0977. The third kappa shape index (κ3) is 6.99. The molecule has 1 aromatic rings. The Bertz CT molecular complexity index is 412. The van der Waals surface area contributed by atoms with E-state index in [1.807, 2.05) is 24.3 Å². The van der Waals surface area contributed by atoms with Crippen molar-refractivity contribution in [2.75, 3.05) is 6.54 Å². The molecule has 2 nitrogen and oxygen atoms in total. The summed E-state index contributed by atoms with van der Waals surface area (Å²) in [4.78, 5) is 12.9. The molecule has 0 saturated carbocycles. The third-order valence-electron chi connectivity index (χ3n) is 3.52. The Hall–Kier alpha value is -0.960. The monoisotopic (exact) mass is 293 g/mol. The molecular formula is C17H27NOS. The van der Waals surface area contributed by atoms with Gasteiger partial charge in [0.2, 0.25) is 5.91 Å². The molecule has 1 rings (SSSR count). The van der Waals surface area contributed by atoms with Crippen LogP contribution in [0, 0.1) is 5.41 Å². The first-order valence-corrected chi connectivity index (χ1v) is 7.92. The zero-order valence-electron chi connectivity index (χ0n) is 12.9. The van der Waals surface area contributed by atoms with E-state index in [0.29, 0.717) is 6.42 Å². The van der Waals surface area contributed by atoms with Gasteiger partial charge in [-0.2, -0.15) is 0 Å². The van der Waals surface area contributed by atoms with E-state index >= 15 is 0 Å². The second kappa shape index (κ2) is 8.35. The number of amides is 1. The average molecular weight is 293 g/mol. The molecular weight excluding hydrogens is 266 g/mol. The summed E-state index contributed by atoms with van der Waals surface area (Å²) in [7, 11) is 0. The lowest BCUT2D eigenvalue weighted by atomic mass is 9.87. The molecule has 1 N–H and O–H groups in total. The average Bonchev–Trinajstić information content (AvgIpc) is 2.40. The Morgan fingerprint density at radius 2 is 1.85 bits per heavy atom. The first kappa shape index (κ1) is 17.1. The van der Waals surface area contributed by atoms with Crippen molar-refractivity contribution in [1.82, 2.24) is 5.32 Å². The molecule has 0 bridgehead atoms. The maximum absolute atomic E-state index is 11.9. The van der Waals surface area contributed by atoms with Gasteiger partial charge < -0.3 is 5.32 Å². The van der Waals surface area contributed by atoms with E-state index in [9.17, 15) is 4.79 Å². The van der Waals surface area contributed by atoms with E-state index in [2.05, 4.69) is 38.7 Å². The maximum Gasteiger partial charge on any atom is 0.224 e. The van der Waals surface area contributed by atoms with Gasteiger partial charge in [0, 0.05) is 11.4 Å². The molecule has 1 amide bonds. The van der Waals surface area contributed by atoms with Gasteiger partial charge in [0.15, 0.2) is 0 Å². The number of hydrogen-bond acceptors (Lipinski definition) is 2. The van der Waals surface area contributed by atoms with E-state index < -0.39 is 0 Å². The number of nitrogens with one attached hydrogen (secondary N) is 1. The molecule has 0 saturated heterocycles. The van der Waals surface area contributed by atoms with Crippen molar-refractivity contribution in [2.45, 2.75) is 57.8 Å². The first-order chi connectivity index (χ1) is 9.43. The Kier molecular flexibility index (Phi) is 7.14. The molecule has 0 aliphatic heterocycles. The fourth-order valence-electron chi connectivity index (χ4n) is 2.14. The topological polar surface area (TPSA) is 29.1 Å². The molecule has 0 fully saturated rings. The lowest BCUT2D eigenvalue weighted by Crippen LogP contribution is -2.34. The normalized spacial score (nSPS) is 11.4. The second-order valence-electron chi connectivity index (χ2n) is 6.24. The highest BCUT2D eigenvalue weighted by Crippen LogP contribution is 2.22. The Morgan fingerprint density at radius 1 is 1.20 bits per heavy atom. The third-order valence-corrected chi connectivity index (χ3v) is 3.82. The summed E-state index contributed by atoms with van der Waals surface area (Å²) in [5, 5.41) is 3.05. The van der Waals surface area contributed by atoms with E-state index in [1.165, 1.54) is 19.3 Å². The molecule has 20 heavy (non-hydrogen) atoms. The van der Waals surface area contributed by atoms with Crippen LogP contribution in [0.5, 0.6) is 0 Å². The highest BCUT2D eigenvalue weighted by atomic mass is 32.1. The molecule has 0 unspecified atom stereocenters. The minimum atomic E-state index is 0.0977. The van der Waals surface area contributed by atoms with E-state index in [-0.39, 0.29) is 11.3 Å². The van der Waals surface area contributed by atoms with E-state index in [1.54, 1.807) is 0 Å². The van der Waals surface area contributed by atoms with Crippen molar-refractivity contribution in [3.05, 3.63) is 29.8 Å². The van der Waals surface area contributed by atoms with Crippen LogP contribution in [0.15, 0.2) is 29.2 Å². The fraction of sp³-hybridized carbons (Fsp3) is 0.588. The predicted octanol–water partition coefficient (Wildman–Crippen LogP) is 4.24. The zero-order valence-corrected chi connectivity index (χ0v) is 13.8. The van der Waals surface area contributed by atoms with Crippen LogP contribution >= 0.6 is 12.6 Å².